The summed E-state index contributed by atoms with van der Waals surface area (Å²) < 4.78 is 27.2. The molecule has 0 bridgehead atoms. The average molecular weight is 331 g/mol. The molecule has 2 rings (SSSR count). The van der Waals surface area contributed by atoms with E-state index in [0.29, 0.717) is 21.9 Å². The van der Waals surface area contributed by atoms with Gasteiger partial charge in [-0.05, 0) is 23.9 Å². The quantitative estimate of drug-likeness (QED) is 0.854. The molecule has 110 valence electrons. The molecule has 0 saturated heterocycles. The van der Waals surface area contributed by atoms with Crippen molar-refractivity contribution >= 4 is 37.8 Å². The number of anilines is 1. The predicted molar refractivity (Wildman–Crippen MR) is 84.0 cm³/mol. The number of sulfonamides is 1. The molecule has 0 aliphatic rings. The van der Waals surface area contributed by atoms with Crippen molar-refractivity contribution in [1.82, 2.24) is 10.3 Å². The highest BCUT2D eigenvalue weighted by atomic mass is 32.2. The van der Waals surface area contributed by atoms with Gasteiger partial charge in [0.25, 0.3) is 10.0 Å². The number of aryl methyl sites for hydroxylation is 1. The lowest BCUT2D eigenvalue weighted by atomic mass is 10.3. The largest absolute Gasteiger partial charge is 0.310 e. The number of thiazole rings is 1. The first-order valence-corrected chi connectivity index (χ1v) is 9.31. The minimum Gasteiger partial charge on any atom is -0.310 e. The van der Waals surface area contributed by atoms with Crippen LogP contribution in [0.3, 0.4) is 0 Å². The van der Waals surface area contributed by atoms with Crippen LogP contribution in [0.2, 0.25) is 0 Å². The highest BCUT2D eigenvalue weighted by Gasteiger charge is 2.18. The Morgan fingerprint density at radius 1 is 1.40 bits per heavy atom. The first-order chi connectivity index (χ1) is 9.37. The van der Waals surface area contributed by atoms with Crippen molar-refractivity contribution in [3.63, 3.8) is 0 Å². The zero-order valence-corrected chi connectivity index (χ0v) is 14.0. The van der Waals surface area contributed by atoms with Gasteiger partial charge in [-0.1, -0.05) is 13.8 Å². The Hall–Kier alpha value is -0.960. The Balaban J connectivity index is 2.09. The van der Waals surface area contributed by atoms with Crippen LogP contribution in [0.1, 0.15) is 24.3 Å². The van der Waals surface area contributed by atoms with Gasteiger partial charge in [0.1, 0.15) is 4.21 Å². The summed E-state index contributed by atoms with van der Waals surface area (Å²) in [6, 6.07) is 2.06. The molecule has 0 saturated carbocycles. The van der Waals surface area contributed by atoms with Crippen LogP contribution in [0.15, 0.2) is 21.9 Å². The molecule has 2 aromatic rings. The van der Waals surface area contributed by atoms with Gasteiger partial charge in [-0.3, -0.25) is 4.72 Å². The van der Waals surface area contributed by atoms with Gasteiger partial charge < -0.3 is 5.32 Å². The lowest BCUT2D eigenvalue weighted by Crippen LogP contribution is -2.21. The molecule has 0 aromatic carbocycles. The molecule has 0 fully saturated rings. The number of aromatic nitrogens is 1. The summed E-state index contributed by atoms with van der Waals surface area (Å²) >= 11 is 2.54. The van der Waals surface area contributed by atoms with Gasteiger partial charge >= 0.3 is 0 Å². The third-order valence-corrected chi connectivity index (χ3v) is 6.24. The lowest BCUT2D eigenvalue weighted by Gasteiger charge is -2.05. The smallest absolute Gasteiger partial charge is 0.273 e. The lowest BCUT2D eigenvalue weighted by molar-refractivity contribution is 0.589. The third-order valence-electron chi connectivity index (χ3n) is 2.45. The predicted octanol–water partition coefficient (Wildman–Crippen LogP) is 2.81. The Morgan fingerprint density at radius 2 is 2.15 bits per heavy atom. The van der Waals surface area contributed by atoms with Crippen LogP contribution in [0.5, 0.6) is 0 Å². The fraction of sp³-hybridized carbons (Fsp3) is 0.417. The maximum absolute atomic E-state index is 12.2. The van der Waals surface area contributed by atoms with Crippen molar-refractivity contribution < 1.29 is 8.42 Å². The van der Waals surface area contributed by atoms with E-state index in [1.807, 2.05) is 12.3 Å². The highest BCUT2D eigenvalue weighted by molar-refractivity contribution is 7.94. The second kappa shape index (κ2) is 6.21. The minimum absolute atomic E-state index is 0.311. The standard InChI is InChI=1S/C12H17N3O2S3/c1-8(2)13-6-10-4-11(18-7-10)20(16,17)15-12-14-5-9(3)19-12/h4-5,7-8,13H,6H2,1-3H3,(H,14,15). The van der Waals surface area contributed by atoms with E-state index < -0.39 is 10.0 Å². The number of hydrogen-bond donors (Lipinski definition) is 2. The van der Waals surface area contributed by atoms with Crippen molar-refractivity contribution in [2.75, 3.05) is 4.72 Å². The average Bonchev–Trinajstić information content (AvgIpc) is 2.95. The van der Waals surface area contributed by atoms with Crippen molar-refractivity contribution in [3.05, 3.63) is 28.1 Å². The maximum atomic E-state index is 12.2. The summed E-state index contributed by atoms with van der Waals surface area (Å²) in [5.74, 6) is 0. The number of thiophene rings is 1. The second-order valence-electron chi connectivity index (χ2n) is 4.69. The van der Waals surface area contributed by atoms with Gasteiger partial charge in [-0.15, -0.1) is 22.7 Å². The molecule has 0 amide bonds. The van der Waals surface area contributed by atoms with Crippen LogP contribution in [-0.2, 0) is 16.6 Å². The monoisotopic (exact) mass is 331 g/mol. The van der Waals surface area contributed by atoms with E-state index >= 15 is 0 Å². The summed E-state index contributed by atoms with van der Waals surface area (Å²) in [6.07, 6.45) is 1.65. The topological polar surface area (TPSA) is 71.1 Å². The third kappa shape index (κ3) is 4.02. The van der Waals surface area contributed by atoms with E-state index in [0.717, 1.165) is 10.4 Å². The number of hydrogen-bond acceptors (Lipinski definition) is 6. The first kappa shape index (κ1) is 15.4. The SMILES string of the molecule is Cc1cnc(NS(=O)(=O)c2cc(CNC(C)C)cs2)s1. The molecule has 0 aliphatic carbocycles. The number of nitrogens with zero attached hydrogens (tertiary/aromatic N) is 1. The van der Waals surface area contributed by atoms with Crippen LogP contribution < -0.4 is 10.0 Å². The molecule has 0 atom stereocenters. The zero-order valence-electron chi connectivity index (χ0n) is 11.5. The summed E-state index contributed by atoms with van der Waals surface area (Å²) in [4.78, 5) is 4.98. The molecule has 2 aromatic heterocycles. The Bertz CT molecular complexity index is 674. The molecule has 2 N–H and O–H groups in total. The summed E-state index contributed by atoms with van der Waals surface area (Å²) in [6.45, 7) is 6.66. The molecule has 8 heteroatoms. The van der Waals surface area contributed by atoms with Crippen molar-refractivity contribution in [2.24, 2.45) is 0 Å². The molecular weight excluding hydrogens is 314 g/mol. The normalized spacial score (nSPS) is 12.0. The van der Waals surface area contributed by atoms with Crippen LogP contribution in [0, 0.1) is 6.92 Å². The molecule has 5 nitrogen and oxygen atoms in total. The second-order valence-corrected chi connectivity index (χ2v) is 8.75. The molecular formula is C12H17N3O2S3. The van der Waals surface area contributed by atoms with Gasteiger partial charge in [-0.25, -0.2) is 13.4 Å². The van der Waals surface area contributed by atoms with E-state index in [9.17, 15) is 8.42 Å². The van der Waals surface area contributed by atoms with Crippen molar-refractivity contribution in [2.45, 2.75) is 37.6 Å². The van der Waals surface area contributed by atoms with E-state index in [-0.39, 0.29) is 0 Å². The van der Waals surface area contributed by atoms with Gasteiger partial charge in [0, 0.05) is 23.7 Å². The Labute approximate surface area is 127 Å². The van der Waals surface area contributed by atoms with Gasteiger partial charge in [-0.2, -0.15) is 0 Å². The minimum atomic E-state index is -3.53. The zero-order chi connectivity index (χ0) is 14.8. The number of nitrogens with one attached hydrogen (secondary N) is 2. The Kier molecular flexibility index (Phi) is 4.79. The van der Waals surface area contributed by atoms with Gasteiger partial charge in [0.2, 0.25) is 0 Å². The van der Waals surface area contributed by atoms with Gasteiger partial charge in [0.05, 0.1) is 0 Å². The summed E-state index contributed by atoms with van der Waals surface area (Å²) in [5, 5.41) is 5.52. The Morgan fingerprint density at radius 3 is 2.75 bits per heavy atom. The van der Waals surface area contributed by atoms with Crippen LogP contribution >= 0.6 is 22.7 Å². The van der Waals surface area contributed by atoms with Crippen molar-refractivity contribution in [1.29, 1.82) is 0 Å². The highest BCUT2D eigenvalue weighted by Crippen LogP contribution is 2.25. The molecule has 2 heterocycles. The summed E-state index contributed by atoms with van der Waals surface area (Å²) in [7, 11) is -3.53. The summed E-state index contributed by atoms with van der Waals surface area (Å²) in [5.41, 5.74) is 0.972. The van der Waals surface area contributed by atoms with E-state index in [1.165, 1.54) is 22.7 Å². The fourth-order valence-corrected chi connectivity index (χ4v) is 4.59. The van der Waals surface area contributed by atoms with E-state index in [1.54, 1.807) is 12.3 Å². The van der Waals surface area contributed by atoms with Crippen LogP contribution in [-0.4, -0.2) is 19.4 Å². The molecule has 0 aliphatic heterocycles. The molecule has 0 unspecified atom stereocenters. The fourth-order valence-electron chi connectivity index (χ4n) is 1.48. The van der Waals surface area contributed by atoms with Crippen molar-refractivity contribution in [3.8, 4) is 0 Å². The molecule has 0 spiro atoms. The molecule has 0 radical (unpaired) electrons. The van der Waals surface area contributed by atoms with Crippen LogP contribution in [0.25, 0.3) is 0 Å². The van der Waals surface area contributed by atoms with Gasteiger partial charge in [0.15, 0.2) is 5.13 Å². The van der Waals surface area contributed by atoms with E-state index in [2.05, 4.69) is 28.9 Å². The van der Waals surface area contributed by atoms with E-state index in [4.69, 9.17) is 0 Å². The van der Waals surface area contributed by atoms with Crippen LogP contribution in [0.4, 0.5) is 5.13 Å². The number of rotatable bonds is 6. The maximum Gasteiger partial charge on any atom is 0.273 e. The first-order valence-electron chi connectivity index (χ1n) is 6.13. The molecule has 20 heavy (non-hydrogen) atoms.